The molecule has 13 heavy (non-hydrogen) atoms. The third-order valence-electron chi connectivity index (χ3n) is 1.52. The topological polar surface area (TPSA) is 26.3 Å². The van der Waals surface area contributed by atoms with Crippen molar-refractivity contribution < 1.29 is 18.3 Å². The molecule has 0 radical (unpaired) electrons. The molecule has 0 N–H and O–H groups in total. The molecule has 0 amide bonds. The first kappa shape index (κ1) is 12.1. The van der Waals surface area contributed by atoms with Crippen molar-refractivity contribution in [1.29, 1.82) is 0 Å². The number of alkyl halides is 2. The summed E-state index contributed by atoms with van der Waals surface area (Å²) >= 11 is 0. The van der Waals surface area contributed by atoms with Crippen LogP contribution in [0, 0.1) is 0 Å². The van der Waals surface area contributed by atoms with E-state index in [-0.39, 0.29) is 18.6 Å². The number of carbonyl (C=O) groups is 1. The van der Waals surface area contributed by atoms with Crippen molar-refractivity contribution in [3.63, 3.8) is 0 Å². The van der Waals surface area contributed by atoms with E-state index in [1.54, 1.807) is 13.8 Å². The molecule has 0 heterocycles. The molecular formula is C9H14F2O2. The zero-order valence-corrected chi connectivity index (χ0v) is 8.06. The molecule has 0 aliphatic rings. The maximum absolute atomic E-state index is 12.7. The smallest absolute Gasteiger partial charge is 0.330 e. The normalized spacial score (nSPS) is 12.8. The predicted molar refractivity (Wildman–Crippen MR) is 45.6 cm³/mol. The Labute approximate surface area is 76.6 Å². The Morgan fingerprint density at radius 2 is 2.00 bits per heavy atom. The summed E-state index contributed by atoms with van der Waals surface area (Å²) in [6.07, 6.45) is 1.01. The minimum absolute atomic E-state index is 0.141. The lowest BCUT2D eigenvalue weighted by Gasteiger charge is -2.12. The van der Waals surface area contributed by atoms with Crippen LogP contribution in [0.25, 0.3) is 0 Å². The van der Waals surface area contributed by atoms with Gasteiger partial charge < -0.3 is 4.74 Å². The van der Waals surface area contributed by atoms with Crippen LogP contribution in [0.5, 0.6) is 0 Å². The predicted octanol–water partition coefficient (Wildman–Crippen LogP) is 2.54. The van der Waals surface area contributed by atoms with Crippen LogP contribution in [0.2, 0.25) is 0 Å². The Morgan fingerprint density at radius 1 is 1.46 bits per heavy atom. The van der Waals surface area contributed by atoms with Gasteiger partial charge in [0, 0.05) is 18.6 Å². The van der Waals surface area contributed by atoms with Crippen LogP contribution in [0.4, 0.5) is 8.78 Å². The summed E-state index contributed by atoms with van der Waals surface area (Å²) < 4.78 is 29.9. The van der Waals surface area contributed by atoms with Gasteiger partial charge in [-0.15, -0.1) is 0 Å². The van der Waals surface area contributed by atoms with Gasteiger partial charge in [0.05, 0.1) is 6.61 Å². The van der Waals surface area contributed by atoms with Crippen LogP contribution >= 0.6 is 0 Å². The Kier molecular flexibility index (Phi) is 4.59. The van der Waals surface area contributed by atoms with Crippen molar-refractivity contribution in [1.82, 2.24) is 0 Å². The molecule has 2 nitrogen and oxygen atoms in total. The highest BCUT2D eigenvalue weighted by atomic mass is 19.3. The molecule has 0 aliphatic carbocycles. The third-order valence-corrected chi connectivity index (χ3v) is 1.52. The Hall–Kier alpha value is -0.930. The standard InChI is InChI=1S/C9H14F2O2/c1-4-7(9(3,10)11)6-8(12)13-5-2/h6H,4-5H2,1-3H3. The van der Waals surface area contributed by atoms with Gasteiger partial charge in [-0.25, -0.2) is 13.6 Å². The van der Waals surface area contributed by atoms with Crippen LogP contribution in [-0.4, -0.2) is 18.5 Å². The van der Waals surface area contributed by atoms with E-state index in [2.05, 4.69) is 4.74 Å². The van der Waals surface area contributed by atoms with E-state index in [1.807, 2.05) is 0 Å². The molecule has 0 fully saturated rings. The molecule has 0 aliphatic heterocycles. The molecule has 0 atom stereocenters. The molecule has 0 saturated heterocycles. The van der Waals surface area contributed by atoms with Gasteiger partial charge in [-0.2, -0.15) is 0 Å². The first-order valence-corrected chi connectivity index (χ1v) is 4.17. The highest BCUT2D eigenvalue weighted by Gasteiger charge is 2.26. The second-order valence-corrected chi connectivity index (χ2v) is 2.66. The summed E-state index contributed by atoms with van der Waals surface area (Å²) in [5.74, 6) is -3.65. The fourth-order valence-corrected chi connectivity index (χ4v) is 0.865. The number of hydrogen-bond acceptors (Lipinski definition) is 2. The molecule has 0 rings (SSSR count). The zero-order valence-electron chi connectivity index (χ0n) is 8.06. The second-order valence-electron chi connectivity index (χ2n) is 2.66. The van der Waals surface area contributed by atoms with Crippen molar-refractivity contribution in [3.05, 3.63) is 11.6 Å². The fraction of sp³-hybridized carbons (Fsp3) is 0.667. The van der Waals surface area contributed by atoms with E-state index in [0.717, 1.165) is 13.0 Å². The second kappa shape index (κ2) is 4.94. The highest BCUT2D eigenvalue weighted by molar-refractivity contribution is 5.83. The number of ether oxygens (including phenoxy) is 1. The van der Waals surface area contributed by atoms with Gasteiger partial charge in [0.2, 0.25) is 0 Å². The summed E-state index contributed by atoms with van der Waals surface area (Å²) in [4.78, 5) is 10.8. The molecule has 76 valence electrons. The summed E-state index contributed by atoms with van der Waals surface area (Å²) in [7, 11) is 0. The molecule has 0 spiro atoms. The van der Waals surface area contributed by atoms with Crippen molar-refractivity contribution in [2.75, 3.05) is 6.61 Å². The minimum Gasteiger partial charge on any atom is -0.463 e. The monoisotopic (exact) mass is 192 g/mol. The molecule has 0 aromatic rings. The molecule has 0 aromatic carbocycles. The van der Waals surface area contributed by atoms with Crippen molar-refractivity contribution in [2.45, 2.75) is 33.1 Å². The van der Waals surface area contributed by atoms with Gasteiger partial charge in [0.25, 0.3) is 5.92 Å². The largest absolute Gasteiger partial charge is 0.463 e. The first-order chi connectivity index (χ1) is 5.91. The Balaban J connectivity index is 4.48. The molecule has 0 saturated carbocycles. The van der Waals surface area contributed by atoms with E-state index in [9.17, 15) is 13.6 Å². The maximum Gasteiger partial charge on any atom is 0.330 e. The number of rotatable bonds is 4. The quantitative estimate of drug-likeness (QED) is 0.505. The fourth-order valence-electron chi connectivity index (χ4n) is 0.865. The van der Waals surface area contributed by atoms with E-state index >= 15 is 0 Å². The Bertz CT molecular complexity index is 204. The summed E-state index contributed by atoms with van der Waals surface area (Å²) in [5, 5.41) is 0. The van der Waals surface area contributed by atoms with Crippen LogP contribution < -0.4 is 0 Å². The van der Waals surface area contributed by atoms with Crippen LogP contribution in [0.3, 0.4) is 0 Å². The van der Waals surface area contributed by atoms with Gasteiger partial charge >= 0.3 is 5.97 Å². The minimum atomic E-state index is -2.94. The first-order valence-electron chi connectivity index (χ1n) is 4.17. The SMILES string of the molecule is CCOC(=O)C=C(CC)C(C)(F)F. The lowest BCUT2D eigenvalue weighted by atomic mass is 10.1. The lowest BCUT2D eigenvalue weighted by Crippen LogP contribution is -2.15. The number of hydrogen-bond donors (Lipinski definition) is 0. The lowest BCUT2D eigenvalue weighted by molar-refractivity contribution is -0.137. The van der Waals surface area contributed by atoms with Gasteiger partial charge in [-0.1, -0.05) is 6.92 Å². The zero-order chi connectivity index (χ0) is 10.5. The van der Waals surface area contributed by atoms with Gasteiger partial charge in [0.1, 0.15) is 0 Å². The molecular weight excluding hydrogens is 178 g/mol. The average molecular weight is 192 g/mol. The summed E-state index contributed by atoms with van der Waals surface area (Å²) in [5.41, 5.74) is -0.203. The van der Waals surface area contributed by atoms with Crippen LogP contribution in [0.1, 0.15) is 27.2 Å². The van der Waals surface area contributed by atoms with Crippen LogP contribution in [0.15, 0.2) is 11.6 Å². The summed E-state index contributed by atoms with van der Waals surface area (Å²) in [6.45, 7) is 4.16. The van der Waals surface area contributed by atoms with Gasteiger partial charge in [-0.05, 0) is 13.3 Å². The van der Waals surface area contributed by atoms with E-state index in [1.165, 1.54) is 0 Å². The van der Waals surface area contributed by atoms with Crippen molar-refractivity contribution in [3.8, 4) is 0 Å². The van der Waals surface area contributed by atoms with Crippen molar-refractivity contribution >= 4 is 5.97 Å². The third kappa shape index (κ3) is 4.60. The number of allylic oxidation sites excluding steroid dienone is 1. The maximum atomic E-state index is 12.7. The molecule has 0 aromatic heterocycles. The van der Waals surface area contributed by atoms with Gasteiger partial charge in [-0.3, -0.25) is 0 Å². The average Bonchev–Trinajstić information content (AvgIpc) is 1.98. The van der Waals surface area contributed by atoms with Gasteiger partial charge in [0.15, 0.2) is 0 Å². The van der Waals surface area contributed by atoms with Crippen LogP contribution in [-0.2, 0) is 9.53 Å². The molecule has 4 heteroatoms. The number of esters is 1. The number of halogens is 2. The number of carbonyl (C=O) groups excluding carboxylic acids is 1. The van der Waals surface area contributed by atoms with E-state index in [4.69, 9.17) is 0 Å². The summed E-state index contributed by atoms with van der Waals surface area (Å²) in [6, 6.07) is 0. The highest BCUT2D eigenvalue weighted by Crippen LogP contribution is 2.25. The molecule has 0 bridgehead atoms. The Morgan fingerprint density at radius 3 is 2.31 bits per heavy atom. The van der Waals surface area contributed by atoms with Crippen molar-refractivity contribution in [2.24, 2.45) is 0 Å². The molecule has 0 unspecified atom stereocenters. The van der Waals surface area contributed by atoms with E-state index in [0.29, 0.717) is 0 Å². The van der Waals surface area contributed by atoms with E-state index < -0.39 is 11.9 Å².